The number of hydrogen-bond donors (Lipinski definition) is 1. The van der Waals surface area contributed by atoms with Gasteiger partial charge in [0.25, 0.3) is 5.56 Å². The normalized spacial score (nSPS) is 18.4. The minimum atomic E-state index is 0.153. The largest absolute Gasteiger partial charge is 0.396 e. The fraction of sp³-hybridized carbons (Fsp3) is 0.647. The molecule has 0 bridgehead atoms. The summed E-state index contributed by atoms with van der Waals surface area (Å²) < 4.78 is 3.95. The Labute approximate surface area is 129 Å². The standard InChI is InChI=1S/C17H23N3O2/c21-10-4-9-19-16-15(11-18-19)13-7-1-2-8-14(13)17(22)20(16)12-5-3-6-12/h11-12,21H,1-10H2. The Bertz CT molecular complexity index is 755. The lowest BCUT2D eigenvalue weighted by Crippen LogP contribution is -2.34. The maximum Gasteiger partial charge on any atom is 0.255 e. The second-order valence-electron chi connectivity index (χ2n) is 6.61. The fourth-order valence-electron chi connectivity index (χ4n) is 3.89. The third-order valence-electron chi connectivity index (χ3n) is 5.28. The Hall–Kier alpha value is -1.62. The number of fused-ring (bicyclic) bond motifs is 3. The molecule has 2 heterocycles. The summed E-state index contributed by atoms with van der Waals surface area (Å²) in [5.74, 6) is 0. The molecule has 5 nitrogen and oxygen atoms in total. The van der Waals surface area contributed by atoms with Crippen molar-refractivity contribution in [1.82, 2.24) is 14.3 Å². The van der Waals surface area contributed by atoms with Crippen LogP contribution in [0.15, 0.2) is 11.0 Å². The lowest BCUT2D eigenvalue weighted by molar-refractivity contribution is 0.275. The van der Waals surface area contributed by atoms with E-state index in [9.17, 15) is 4.79 Å². The van der Waals surface area contributed by atoms with Gasteiger partial charge in [0.15, 0.2) is 0 Å². The van der Waals surface area contributed by atoms with Gasteiger partial charge in [-0.1, -0.05) is 0 Å². The molecule has 5 heteroatoms. The number of rotatable bonds is 4. The number of aliphatic hydroxyl groups is 1. The minimum absolute atomic E-state index is 0.153. The van der Waals surface area contributed by atoms with Crippen LogP contribution in [0.5, 0.6) is 0 Å². The van der Waals surface area contributed by atoms with Crippen molar-refractivity contribution in [2.45, 2.75) is 64.0 Å². The van der Waals surface area contributed by atoms with Crippen molar-refractivity contribution >= 4 is 11.0 Å². The van der Waals surface area contributed by atoms with E-state index < -0.39 is 0 Å². The first-order chi connectivity index (χ1) is 10.8. The molecule has 0 spiro atoms. The monoisotopic (exact) mass is 301 g/mol. The predicted octanol–water partition coefficient (Wildman–Crippen LogP) is 2.18. The van der Waals surface area contributed by atoms with E-state index in [0.717, 1.165) is 49.7 Å². The summed E-state index contributed by atoms with van der Waals surface area (Å²) in [4.78, 5) is 13.1. The Morgan fingerprint density at radius 3 is 2.64 bits per heavy atom. The van der Waals surface area contributed by atoms with Crippen LogP contribution in [-0.4, -0.2) is 26.1 Å². The maximum atomic E-state index is 13.1. The average molecular weight is 301 g/mol. The van der Waals surface area contributed by atoms with Crippen molar-refractivity contribution in [2.75, 3.05) is 6.61 Å². The lowest BCUT2D eigenvalue weighted by Gasteiger charge is -2.30. The number of aryl methyl sites for hydroxylation is 2. The van der Waals surface area contributed by atoms with Crippen LogP contribution in [0.25, 0.3) is 11.0 Å². The molecule has 0 amide bonds. The van der Waals surface area contributed by atoms with Gasteiger partial charge in [0.05, 0.1) is 6.20 Å². The highest BCUT2D eigenvalue weighted by Gasteiger charge is 2.28. The molecular weight excluding hydrogens is 278 g/mol. The molecule has 4 rings (SSSR count). The van der Waals surface area contributed by atoms with E-state index in [1.165, 1.54) is 17.4 Å². The first-order valence-corrected chi connectivity index (χ1v) is 8.54. The van der Waals surface area contributed by atoms with Gasteiger partial charge in [0.2, 0.25) is 0 Å². The van der Waals surface area contributed by atoms with E-state index >= 15 is 0 Å². The second-order valence-corrected chi connectivity index (χ2v) is 6.61. The molecule has 0 aromatic carbocycles. The van der Waals surface area contributed by atoms with Crippen LogP contribution in [0, 0.1) is 0 Å². The molecule has 2 aliphatic rings. The number of aromatic nitrogens is 3. The van der Waals surface area contributed by atoms with Crippen molar-refractivity contribution in [2.24, 2.45) is 0 Å². The van der Waals surface area contributed by atoms with Crippen LogP contribution in [0.3, 0.4) is 0 Å². The minimum Gasteiger partial charge on any atom is -0.396 e. The van der Waals surface area contributed by atoms with Crippen molar-refractivity contribution in [1.29, 1.82) is 0 Å². The zero-order valence-electron chi connectivity index (χ0n) is 12.9. The van der Waals surface area contributed by atoms with Crippen molar-refractivity contribution in [3.05, 3.63) is 27.7 Å². The fourth-order valence-corrected chi connectivity index (χ4v) is 3.89. The third-order valence-corrected chi connectivity index (χ3v) is 5.28. The van der Waals surface area contributed by atoms with Crippen LogP contribution in [0.4, 0.5) is 0 Å². The van der Waals surface area contributed by atoms with Crippen molar-refractivity contribution < 1.29 is 5.11 Å². The quantitative estimate of drug-likeness (QED) is 0.941. The molecule has 2 aromatic heterocycles. The van der Waals surface area contributed by atoms with Gasteiger partial charge in [0, 0.05) is 30.1 Å². The van der Waals surface area contributed by atoms with Gasteiger partial charge in [-0.3, -0.25) is 9.36 Å². The van der Waals surface area contributed by atoms with E-state index in [2.05, 4.69) is 5.10 Å². The maximum absolute atomic E-state index is 13.1. The Balaban J connectivity index is 1.97. The molecule has 0 aliphatic heterocycles. The van der Waals surface area contributed by atoms with E-state index in [1.807, 2.05) is 15.4 Å². The van der Waals surface area contributed by atoms with E-state index in [4.69, 9.17) is 5.11 Å². The Morgan fingerprint density at radius 2 is 1.95 bits per heavy atom. The highest BCUT2D eigenvalue weighted by atomic mass is 16.3. The van der Waals surface area contributed by atoms with Gasteiger partial charge in [0.1, 0.15) is 5.65 Å². The van der Waals surface area contributed by atoms with Crippen LogP contribution in [0.2, 0.25) is 0 Å². The molecule has 0 unspecified atom stereocenters. The molecule has 2 aromatic rings. The third kappa shape index (κ3) is 2.02. The molecule has 0 saturated heterocycles. The van der Waals surface area contributed by atoms with Gasteiger partial charge >= 0.3 is 0 Å². The zero-order chi connectivity index (χ0) is 15.1. The number of aliphatic hydroxyl groups excluding tert-OH is 1. The Morgan fingerprint density at radius 1 is 1.18 bits per heavy atom. The number of nitrogens with zero attached hydrogens (tertiary/aromatic N) is 3. The van der Waals surface area contributed by atoms with Crippen LogP contribution in [-0.2, 0) is 19.4 Å². The van der Waals surface area contributed by atoms with E-state index in [1.54, 1.807) is 0 Å². The first-order valence-electron chi connectivity index (χ1n) is 8.54. The van der Waals surface area contributed by atoms with Crippen molar-refractivity contribution in [3.8, 4) is 0 Å². The molecule has 22 heavy (non-hydrogen) atoms. The highest BCUT2D eigenvalue weighted by molar-refractivity contribution is 5.81. The average Bonchev–Trinajstić information content (AvgIpc) is 2.91. The van der Waals surface area contributed by atoms with E-state index in [0.29, 0.717) is 19.0 Å². The number of hydrogen-bond acceptors (Lipinski definition) is 3. The summed E-state index contributed by atoms with van der Waals surface area (Å²) in [5, 5.41) is 14.8. The van der Waals surface area contributed by atoms with E-state index in [-0.39, 0.29) is 12.2 Å². The summed E-state index contributed by atoms with van der Waals surface area (Å²) in [6.07, 6.45) is 10.2. The summed E-state index contributed by atoms with van der Waals surface area (Å²) >= 11 is 0. The van der Waals surface area contributed by atoms with Crippen LogP contribution >= 0.6 is 0 Å². The molecule has 1 fully saturated rings. The molecule has 1 saturated carbocycles. The molecule has 0 radical (unpaired) electrons. The summed E-state index contributed by atoms with van der Waals surface area (Å²) in [5.41, 5.74) is 3.48. The second kappa shape index (κ2) is 5.54. The molecular formula is C17H23N3O2. The lowest BCUT2D eigenvalue weighted by atomic mass is 9.88. The summed E-state index contributed by atoms with van der Waals surface area (Å²) in [6, 6.07) is 0.340. The van der Waals surface area contributed by atoms with Gasteiger partial charge in [-0.15, -0.1) is 0 Å². The van der Waals surface area contributed by atoms with Gasteiger partial charge < -0.3 is 5.11 Å². The number of pyridine rings is 1. The van der Waals surface area contributed by atoms with Crippen molar-refractivity contribution in [3.63, 3.8) is 0 Å². The van der Waals surface area contributed by atoms with Gasteiger partial charge in [-0.25, -0.2) is 4.68 Å². The first kappa shape index (κ1) is 14.0. The topological polar surface area (TPSA) is 60.1 Å². The molecule has 1 N–H and O–H groups in total. The summed E-state index contributed by atoms with van der Waals surface area (Å²) in [7, 11) is 0. The smallest absolute Gasteiger partial charge is 0.255 e. The van der Waals surface area contributed by atoms with Crippen LogP contribution in [0.1, 0.15) is 55.7 Å². The zero-order valence-corrected chi connectivity index (χ0v) is 12.9. The highest BCUT2D eigenvalue weighted by Crippen LogP contribution is 2.35. The van der Waals surface area contributed by atoms with Gasteiger partial charge in [-0.05, 0) is 56.9 Å². The molecule has 118 valence electrons. The Kier molecular flexibility index (Phi) is 3.53. The predicted molar refractivity (Wildman–Crippen MR) is 85.2 cm³/mol. The van der Waals surface area contributed by atoms with Gasteiger partial charge in [-0.2, -0.15) is 5.10 Å². The SMILES string of the molecule is O=c1c2c(c3cnn(CCCO)c3n1C1CCC1)CCCC2. The van der Waals surface area contributed by atoms with Crippen LogP contribution < -0.4 is 5.56 Å². The molecule has 0 atom stereocenters. The molecule has 2 aliphatic carbocycles. The summed E-state index contributed by atoms with van der Waals surface area (Å²) in [6.45, 7) is 0.824.